The predicted octanol–water partition coefficient (Wildman–Crippen LogP) is 4.19. The highest BCUT2D eigenvalue weighted by atomic mass is 32.2. The highest BCUT2D eigenvalue weighted by Crippen LogP contribution is 2.37. The van der Waals surface area contributed by atoms with E-state index in [-0.39, 0.29) is 30.2 Å². The smallest absolute Gasteiger partial charge is 0.265 e. The third kappa shape index (κ3) is 4.10. The topological polar surface area (TPSA) is 89.4 Å². The number of para-hydroxylation sites is 2. The summed E-state index contributed by atoms with van der Waals surface area (Å²) in [6, 6.07) is 20.8. The number of carbonyl (C=O) groups excluding carboxylic acids is 2. The van der Waals surface area contributed by atoms with Crippen LogP contribution in [0.4, 0.5) is 11.4 Å². The number of ether oxygens (including phenoxy) is 1. The standard InChI is InChI=1S/C25H23N5O3S/c1-16(30-20-12-5-6-13-21(20)33-14-23(30)32)24-27-28-25(29(24)2)34-15-22(31)26-19-11-7-9-17-8-3-4-10-18(17)19/h3-13,16H,14-15H2,1-2H3,(H,26,31)/t16-/m1/s1. The number of aromatic nitrogens is 3. The van der Waals surface area contributed by atoms with Gasteiger partial charge in [0.25, 0.3) is 5.91 Å². The first-order valence-electron chi connectivity index (χ1n) is 10.9. The zero-order valence-electron chi connectivity index (χ0n) is 18.8. The predicted molar refractivity (Wildman–Crippen MR) is 132 cm³/mol. The monoisotopic (exact) mass is 473 g/mol. The molecule has 5 rings (SSSR count). The van der Waals surface area contributed by atoms with Crippen LogP contribution in [0.2, 0.25) is 0 Å². The van der Waals surface area contributed by atoms with Crippen molar-refractivity contribution in [2.24, 2.45) is 7.05 Å². The maximum Gasteiger partial charge on any atom is 0.265 e. The molecule has 2 amide bonds. The maximum atomic E-state index is 12.7. The number of amides is 2. The van der Waals surface area contributed by atoms with Crippen molar-refractivity contribution in [1.29, 1.82) is 0 Å². The summed E-state index contributed by atoms with van der Waals surface area (Å²) in [5.74, 6) is 1.20. The van der Waals surface area contributed by atoms with Crippen LogP contribution in [0.15, 0.2) is 71.9 Å². The van der Waals surface area contributed by atoms with Gasteiger partial charge in [-0.05, 0) is 30.5 Å². The summed E-state index contributed by atoms with van der Waals surface area (Å²) in [4.78, 5) is 27.0. The fraction of sp³-hybridized carbons (Fsp3) is 0.200. The molecular formula is C25H23N5O3S. The van der Waals surface area contributed by atoms with E-state index in [0.29, 0.717) is 22.4 Å². The van der Waals surface area contributed by atoms with Crippen LogP contribution in [0, 0.1) is 0 Å². The number of hydrogen-bond donors (Lipinski definition) is 1. The number of benzene rings is 3. The van der Waals surface area contributed by atoms with Crippen molar-refractivity contribution in [2.45, 2.75) is 18.1 Å². The molecule has 0 saturated carbocycles. The number of nitrogens with one attached hydrogen (secondary N) is 1. The Kier molecular flexibility index (Phi) is 5.93. The van der Waals surface area contributed by atoms with E-state index >= 15 is 0 Å². The fourth-order valence-corrected chi connectivity index (χ4v) is 4.85. The molecule has 172 valence electrons. The second kappa shape index (κ2) is 9.18. The van der Waals surface area contributed by atoms with Gasteiger partial charge in [0.1, 0.15) is 5.75 Å². The van der Waals surface area contributed by atoms with Gasteiger partial charge in [-0.2, -0.15) is 0 Å². The van der Waals surface area contributed by atoms with Gasteiger partial charge in [0, 0.05) is 18.1 Å². The Labute approximate surface area is 200 Å². The van der Waals surface area contributed by atoms with Crippen LogP contribution in [0.25, 0.3) is 10.8 Å². The zero-order valence-corrected chi connectivity index (χ0v) is 19.6. The quantitative estimate of drug-likeness (QED) is 0.423. The Morgan fingerprint density at radius 3 is 2.74 bits per heavy atom. The molecule has 0 spiro atoms. The van der Waals surface area contributed by atoms with Gasteiger partial charge in [-0.15, -0.1) is 10.2 Å². The molecule has 0 fully saturated rings. The maximum absolute atomic E-state index is 12.7. The van der Waals surface area contributed by atoms with Gasteiger partial charge >= 0.3 is 0 Å². The lowest BCUT2D eigenvalue weighted by Crippen LogP contribution is -2.41. The summed E-state index contributed by atoms with van der Waals surface area (Å²) in [6.07, 6.45) is 0. The molecule has 4 aromatic rings. The number of rotatable bonds is 6. The third-order valence-electron chi connectivity index (χ3n) is 5.77. The van der Waals surface area contributed by atoms with Crippen LogP contribution in [0.3, 0.4) is 0 Å². The molecular weight excluding hydrogens is 450 g/mol. The van der Waals surface area contributed by atoms with Crippen molar-refractivity contribution >= 4 is 45.7 Å². The number of nitrogens with zero attached hydrogens (tertiary/aromatic N) is 4. The van der Waals surface area contributed by atoms with Crippen LogP contribution in [0.1, 0.15) is 18.8 Å². The van der Waals surface area contributed by atoms with Crippen LogP contribution >= 0.6 is 11.8 Å². The number of carbonyl (C=O) groups is 2. The molecule has 0 saturated heterocycles. The Morgan fingerprint density at radius 1 is 1.09 bits per heavy atom. The Morgan fingerprint density at radius 2 is 1.85 bits per heavy atom. The Balaban J connectivity index is 1.29. The van der Waals surface area contributed by atoms with E-state index in [1.807, 2.05) is 85.3 Å². The average molecular weight is 474 g/mol. The molecule has 34 heavy (non-hydrogen) atoms. The van der Waals surface area contributed by atoms with Crippen molar-refractivity contribution in [1.82, 2.24) is 14.8 Å². The molecule has 1 aromatic heterocycles. The summed E-state index contributed by atoms with van der Waals surface area (Å²) >= 11 is 1.30. The minimum atomic E-state index is -0.353. The number of thioether (sulfide) groups is 1. The average Bonchev–Trinajstić information content (AvgIpc) is 3.22. The lowest BCUT2D eigenvalue weighted by molar-refractivity contribution is -0.121. The number of hydrogen-bond acceptors (Lipinski definition) is 6. The van der Waals surface area contributed by atoms with Gasteiger partial charge in [-0.25, -0.2) is 0 Å². The Bertz CT molecular complexity index is 1380. The molecule has 0 aliphatic carbocycles. The van der Waals surface area contributed by atoms with Crippen molar-refractivity contribution in [3.8, 4) is 5.75 Å². The second-order valence-electron chi connectivity index (χ2n) is 7.96. The molecule has 2 heterocycles. The first-order chi connectivity index (χ1) is 16.5. The molecule has 0 radical (unpaired) electrons. The van der Waals surface area contributed by atoms with E-state index in [4.69, 9.17) is 4.74 Å². The normalized spacial score (nSPS) is 13.9. The van der Waals surface area contributed by atoms with Crippen LogP contribution < -0.4 is 15.0 Å². The zero-order chi connectivity index (χ0) is 23.7. The van der Waals surface area contributed by atoms with E-state index < -0.39 is 0 Å². The molecule has 1 aliphatic heterocycles. The summed E-state index contributed by atoms with van der Waals surface area (Å²) in [5.41, 5.74) is 1.48. The fourth-order valence-electron chi connectivity index (χ4n) is 4.13. The van der Waals surface area contributed by atoms with Crippen LogP contribution in [0.5, 0.6) is 5.75 Å². The van der Waals surface area contributed by atoms with Crippen LogP contribution in [-0.4, -0.2) is 38.9 Å². The number of anilines is 2. The van der Waals surface area contributed by atoms with E-state index in [1.165, 1.54) is 11.8 Å². The van der Waals surface area contributed by atoms with Gasteiger partial charge < -0.3 is 14.6 Å². The molecule has 0 bridgehead atoms. The Hall–Kier alpha value is -3.85. The lowest BCUT2D eigenvalue weighted by Gasteiger charge is -2.33. The van der Waals surface area contributed by atoms with E-state index in [0.717, 1.165) is 16.5 Å². The minimum absolute atomic E-state index is 0.0187. The molecule has 1 N–H and O–H groups in total. The summed E-state index contributed by atoms with van der Waals surface area (Å²) in [7, 11) is 1.84. The third-order valence-corrected chi connectivity index (χ3v) is 6.79. The molecule has 1 atom stereocenters. The van der Waals surface area contributed by atoms with Crippen molar-refractivity contribution in [3.63, 3.8) is 0 Å². The molecule has 3 aromatic carbocycles. The SMILES string of the molecule is C[C@H](c1nnc(SCC(=O)Nc2cccc3ccccc23)n1C)N1C(=O)COc2ccccc21. The van der Waals surface area contributed by atoms with Crippen molar-refractivity contribution in [2.75, 3.05) is 22.6 Å². The summed E-state index contributed by atoms with van der Waals surface area (Å²) in [5, 5.41) is 14.2. The first-order valence-corrected chi connectivity index (χ1v) is 11.8. The second-order valence-corrected chi connectivity index (χ2v) is 8.90. The summed E-state index contributed by atoms with van der Waals surface area (Å²) < 4.78 is 7.37. The lowest BCUT2D eigenvalue weighted by atomic mass is 10.1. The van der Waals surface area contributed by atoms with Crippen LogP contribution in [-0.2, 0) is 16.6 Å². The van der Waals surface area contributed by atoms with Crippen molar-refractivity contribution < 1.29 is 14.3 Å². The van der Waals surface area contributed by atoms with Gasteiger partial charge in [0.2, 0.25) is 5.91 Å². The van der Waals surface area contributed by atoms with E-state index in [2.05, 4.69) is 15.5 Å². The van der Waals surface area contributed by atoms with Gasteiger partial charge in [-0.3, -0.25) is 14.5 Å². The van der Waals surface area contributed by atoms with Crippen molar-refractivity contribution in [3.05, 3.63) is 72.6 Å². The largest absolute Gasteiger partial charge is 0.482 e. The van der Waals surface area contributed by atoms with E-state index in [9.17, 15) is 9.59 Å². The molecule has 8 nitrogen and oxygen atoms in total. The minimum Gasteiger partial charge on any atom is -0.482 e. The number of fused-ring (bicyclic) bond motifs is 2. The highest BCUT2D eigenvalue weighted by Gasteiger charge is 2.32. The van der Waals surface area contributed by atoms with E-state index in [1.54, 1.807) is 4.90 Å². The molecule has 0 unspecified atom stereocenters. The molecule has 1 aliphatic rings. The van der Waals surface area contributed by atoms with Gasteiger partial charge in [-0.1, -0.05) is 60.3 Å². The highest BCUT2D eigenvalue weighted by molar-refractivity contribution is 7.99. The first kappa shape index (κ1) is 22.0. The summed E-state index contributed by atoms with van der Waals surface area (Å²) in [6.45, 7) is 1.89. The van der Waals surface area contributed by atoms with Gasteiger partial charge in [0.15, 0.2) is 17.6 Å². The van der Waals surface area contributed by atoms with Gasteiger partial charge in [0.05, 0.1) is 17.5 Å². The molecule has 9 heteroatoms.